The summed E-state index contributed by atoms with van der Waals surface area (Å²) in [5, 5.41) is 0. The Balaban J connectivity index is 1.88. The molecule has 0 aromatic carbocycles. The van der Waals surface area contributed by atoms with Gasteiger partial charge in [0.25, 0.3) is 0 Å². The van der Waals surface area contributed by atoms with Crippen molar-refractivity contribution >= 4 is 17.4 Å². The maximum atomic E-state index is 12.5. The van der Waals surface area contributed by atoms with Gasteiger partial charge in [0.1, 0.15) is 17.3 Å². The smallest absolute Gasteiger partial charge is 0.215 e. The van der Waals surface area contributed by atoms with Crippen LogP contribution in [0.4, 0.5) is 11.6 Å². The lowest BCUT2D eigenvalue weighted by Crippen LogP contribution is -2.43. The van der Waals surface area contributed by atoms with E-state index < -0.39 is 0 Å². The second kappa shape index (κ2) is 6.11. The third-order valence-corrected chi connectivity index (χ3v) is 3.83. The Labute approximate surface area is 129 Å². The molecule has 1 fully saturated rings. The van der Waals surface area contributed by atoms with E-state index in [1.165, 1.54) is 0 Å². The molecular formula is C16H19N5O. The number of nitrogens with zero attached hydrogens (tertiary/aromatic N) is 3. The van der Waals surface area contributed by atoms with Gasteiger partial charge in [-0.15, -0.1) is 0 Å². The zero-order valence-corrected chi connectivity index (χ0v) is 12.3. The van der Waals surface area contributed by atoms with Crippen LogP contribution in [-0.2, 0) is 0 Å². The van der Waals surface area contributed by atoms with E-state index in [4.69, 9.17) is 11.5 Å². The number of rotatable bonds is 3. The van der Waals surface area contributed by atoms with Crippen LogP contribution in [0.2, 0.25) is 0 Å². The van der Waals surface area contributed by atoms with Crippen molar-refractivity contribution in [3.05, 3.63) is 47.8 Å². The van der Waals surface area contributed by atoms with Crippen molar-refractivity contribution < 1.29 is 4.79 Å². The van der Waals surface area contributed by atoms with Gasteiger partial charge in [-0.25, -0.2) is 9.97 Å². The molecule has 114 valence electrons. The highest BCUT2D eigenvalue weighted by Gasteiger charge is 2.20. The highest BCUT2D eigenvalue weighted by Crippen LogP contribution is 2.19. The average molecular weight is 297 g/mol. The molecule has 0 radical (unpaired) electrons. The Hall–Kier alpha value is -2.47. The molecule has 6 nitrogen and oxygen atoms in total. The van der Waals surface area contributed by atoms with Crippen molar-refractivity contribution in [3.8, 4) is 0 Å². The van der Waals surface area contributed by atoms with E-state index >= 15 is 0 Å². The maximum Gasteiger partial charge on any atom is 0.215 e. The van der Waals surface area contributed by atoms with Crippen molar-refractivity contribution in [1.82, 2.24) is 9.97 Å². The van der Waals surface area contributed by atoms with Gasteiger partial charge in [-0.3, -0.25) is 4.79 Å². The third-order valence-electron chi connectivity index (χ3n) is 3.83. The molecule has 1 saturated heterocycles. The molecule has 0 bridgehead atoms. The normalized spacial score (nSPS) is 18.2. The van der Waals surface area contributed by atoms with Gasteiger partial charge in [-0.1, -0.05) is 6.07 Å². The molecule has 4 N–H and O–H groups in total. The number of hydrogen-bond donors (Lipinski definition) is 2. The zero-order chi connectivity index (χ0) is 15.5. The molecule has 3 rings (SSSR count). The minimum atomic E-state index is -0.214. The summed E-state index contributed by atoms with van der Waals surface area (Å²) in [4.78, 5) is 23.1. The lowest BCUT2D eigenvalue weighted by atomic mass is 10.1. The predicted molar refractivity (Wildman–Crippen MR) is 85.7 cm³/mol. The van der Waals surface area contributed by atoms with E-state index in [2.05, 4.69) is 14.9 Å². The minimum Gasteiger partial charge on any atom is -0.383 e. The average Bonchev–Trinajstić information content (AvgIpc) is 2.55. The summed E-state index contributed by atoms with van der Waals surface area (Å²) in [6, 6.07) is 8.95. The maximum absolute atomic E-state index is 12.5. The van der Waals surface area contributed by atoms with E-state index in [0.717, 1.165) is 31.7 Å². The number of carbonyl (C=O) groups is 1. The summed E-state index contributed by atoms with van der Waals surface area (Å²) in [6.07, 6.45) is 3.63. The lowest BCUT2D eigenvalue weighted by Gasteiger charge is -2.31. The number of carbonyl (C=O) groups excluding carboxylic acids is 1. The monoisotopic (exact) mass is 297 g/mol. The highest BCUT2D eigenvalue weighted by atomic mass is 16.1. The van der Waals surface area contributed by atoms with E-state index in [0.29, 0.717) is 11.3 Å². The molecule has 1 unspecified atom stereocenters. The van der Waals surface area contributed by atoms with E-state index in [-0.39, 0.29) is 17.6 Å². The highest BCUT2D eigenvalue weighted by molar-refractivity contribution is 6.10. The van der Waals surface area contributed by atoms with Gasteiger partial charge in [-0.2, -0.15) is 0 Å². The van der Waals surface area contributed by atoms with Crippen LogP contribution in [0.25, 0.3) is 0 Å². The van der Waals surface area contributed by atoms with Crippen molar-refractivity contribution in [2.75, 3.05) is 23.7 Å². The molecule has 6 heteroatoms. The van der Waals surface area contributed by atoms with Gasteiger partial charge in [0.15, 0.2) is 0 Å². The zero-order valence-electron chi connectivity index (χ0n) is 12.3. The van der Waals surface area contributed by atoms with Gasteiger partial charge >= 0.3 is 0 Å². The first-order chi connectivity index (χ1) is 10.6. The molecule has 2 aromatic heterocycles. The van der Waals surface area contributed by atoms with Crippen LogP contribution in [0, 0.1) is 0 Å². The second-order valence-electron chi connectivity index (χ2n) is 5.49. The van der Waals surface area contributed by atoms with Crippen LogP contribution in [0.15, 0.2) is 36.5 Å². The summed E-state index contributed by atoms with van der Waals surface area (Å²) in [7, 11) is 0. The molecular weight excluding hydrogens is 278 g/mol. The largest absolute Gasteiger partial charge is 0.383 e. The van der Waals surface area contributed by atoms with Gasteiger partial charge in [-0.05, 0) is 37.1 Å². The first kappa shape index (κ1) is 14.5. The molecule has 2 aromatic rings. The number of pyridine rings is 2. The molecule has 1 atom stereocenters. The van der Waals surface area contributed by atoms with Gasteiger partial charge in [0.2, 0.25) is 5.78 Å². The fourth-order valence-corrected chi connectivity index (χ4v) is 2.69. The Morgan fingerprint density at radius 2 is 2.14 bits per heavy atom. The lowest BCUT2D eigenvalue weighted by molar-refractivity contribution is 0.103. The molecule has 0 aliphatic carbocycles. The number of ketones is 1. The van der Waals surface area contributed by atoms with Crippen LogP contribution in [0.5, 0.6) is 0 Å². The van der Waals surface area contributed by atoms with Crippen LogP contribution in [-0.4, -0.2) is 34.9 Å². The fourth-order valence-electron chi connectivity index (χ4n) is 2.69. The summed E-state index contributed by atoms with van der Waals surface area (Å²) < 4.78 is 0. The third kappa shape index (κ3) is 2.92. The molecule has 0 amide bonds. The molecule has 0 spiro atoms. The number of nitrogens with two attached hydrogens (primary N) is 2. The Morgan fingerprint density at radius 1 is 1.27 bits per heavy atom. The van der Waals surface area contributed by atoms with E-state index in [1.807, 2.05) is 12.1 Å². The van der Waals surface area contributed by atoms with Gasteiger partial charge in [0.05, 0.1) is 5.56 Å². The molecule has 1 aliphatic heterocycles. The van der Waals surface area contributed by atoms with Crippen LogP contribution in [0.3, 0.4) is 0 Å². The van der Waals surface area contributed by atoms with E-state index in [1.54, 1.807) is 24.4 Å². The number of aromatic nitrogens is 2. The number of anilines is 2. The molecule has 3 heterocycles. The summed E-state index contributed by atoms with van der Waals surface area (Å²) in [6.45, 7) is 1.67. The minimum absolute atomic E-state index is 0.156. The fraction of sp³-hybridized carbons (Fsp3) is 0.312. The van der Waals surface area contributed by atoms with Gasteiger partial charge < -0.3 is 16.4 Å². The Kier molecular flexibility index (Phi) is 4.02. The SMILES string of the molecule is Nc1ncccc1C(=O)c1cccc(N2CCCC(N)C2)n1. The van der Waals surface area contributed by atoms with Crippen LogP contribution >= 0.6 is 0 Å². The van der Waals surface area contributed by atoms with Crippen molar-refractivity contribution in [2.24, 2.45) is 5.73 Å². The Morgan fingerprint density at radius 3 is 2.91 bits per heavy atom. The van der Waals surface area contributed by atoms with E-state index in [9.17, 15) is 4.79 Å². The standard InChI is InChI=1S/C16H19N5O/c17-11-4-3-9-21(10-11)14-7-1-6-13(20-14)15(22)12-5-2-8-19-16(12)18/h1-2,5-8,11H,3-4,9-10,17H2,(H2,18,19). The van der Waals surface area contributed by atoms with Crippen molar-refractivity contribution in [3.63, 3.8) is 0 Å². The number of nitrogen functional groups attached to an aromatic ring is 1. The van der Waals surface area contributed by atoms with Crippen molar-refractivity contribution in [2.45, 2.75) is 18.9 Å². The van der Waals surface area contributed by atoms with Crippen LogP contribution in [0.1, 0.15) is 28.9 Å². The first-order valence-corrected chi connectivity index (χ1v) is 7.38. The second-order valence-corrected chi connectivity index (χ2v) is 5.49. The first-order valence-electron chi connectivity index (χ1n) is 7.38. The quantitative estimate of drug-likeness (QED) is 0.827. The summed E-state index contributed by atoms with van der Waals surface area (Å²) >= 11 is 0. The van der Waals surface area contributed by atoms with Gasteiger partial charge in [0, 0.05) is 25.3 Å². The molecule has 1 aliphatic rings. The molecule has 22 heavy (non-hydrogen) atoms. The predicted octanol–water partition coefficient (Wildman–Crippen LogP) is 1.22. The number of hydrogen-bond acceptors (Lipinski definition) is 6. The summed E-state index contributed by atoms with van der Waals surface area (Å²) in [5.41, 5.74) is 12.5. The van der Waals surface area contributed by atoms with Crippen molar-refractivity contribution in [1.29, 1.82) is 0 Å². The topological polar surface area (TPSA) is 98.1 Å². The Bertz CT molecular complexity index is 688. The van der Waals surface area contributed by atoms with Crippen LogP contribution < -0.4 is 16.4 Å². The number of piperidine rings is 1. The molecule has 0 saturated carbocycles. The summed E-state index contributed by atoms with van der Waals surface area (Å²) in [5.74, 6) is 0.789.